The number of nitrogens with one attached hydrogen (secondary N) is 1. The molecular formula is C22H21F5N4O5S. The maximum atomic E-state index is 14.5. The molecule has 37 heavy (non-hydrogen) atoms. The summed E-state index contributed by atoms with van der Waals surface area (Å²) in [4.78, 5) is 17.1. The SMILES string of the molecule is COc1c([C@H]2[C@H](C(=O)Nc3cnn4c(S(C)(=O)=O)nccc34)O[C@@](C)(C(F)(F)F)[C@H]2C)ccc(F)c1F. The van der Waals surface area contributed by atoms with E-state index >= 15 is 0 Å². The molecule has 1 aliphatic heterocycles. The second-order valence-corrected chi connectivity index (χ2v) is 10.7. The quantitative estimate of drug-likeness (QED) is 0.384. The fourth-order valence-electron chi connectivity index (χ4n) is 4.49. The molecule has 0 spiro atoms. The molecule has 200 valence electrons. The van der Waals surface area contributed by atoms with E-state index in [1.165, 1.54) is 13.0 Å². The fourth-order valence-corrected chi connectivity index (χ4v) is 5.20. The van der Waals surface area contributed by atoms with Crippen LogP contribution in [0.25, 0.3) is 5.52 Å². The van der Waals surface area contributed by atoms with Crippen molar-refractivity contribution in [3.8, 4) is 5.75 Å². The second kappa shape index (κ2) is 8.90. The number of anilines is 1. The minimum atomic E-state index is -4.92. The van der Waals surface area contributed by atoms with Crippen molar-refractivity contribution in [2.45, 2.75) is 42.8 Å². The topological polar surface area (TPSA) is 112 Å². The lowest BCUT2D eigenvalue weighted by Crippen LogP contribution is -2.47. The largest absolute Gasteiger partial charge is 0.493 e. The number of amides is 1. The molecule has 9 nitrogen and oxygen atoms in total. The number of sulfone groups is 1. The van der Waals surface area contributed by atoms with Crippen molar-refractivity contribution in [2.75, 3.05) is 18.7 Å². The van der Waals surface area contributed by atoms with E-state index in [9.17, 15) is 35.2 Å². The zero-order valence-electron chi connectivity index (χ0n) is 19.8. The predicted molar refractivity (Wildman–Crippen MR) is 119 cm³/mol. The number of hydrogen-bond acceptors (Lipinski definition) is 7. The van der Waals surface area contributed by atoms with E-state index in [0.717, 1.165) is 49.3 Å². The van der Waals surface area contributed by atoms with Crippen molar-refractivity contribution in [2.24, 2.45) is 5.92 Å². The van der Waals surface area contributed by atoms with Gasteiger partial charge in [0.05, 0.1) is 24.5 Å². The number of aromatic nitrogens is 3. The maximum Gasteiger partial charge on any atom is 0.417 e. The number of methoxy groups -OCH3 is 1. The molecule has 0 aliphatic carbocycles. The van der Waals surface area contributed by atoms with Crippen LogP contribution in [0.4, 0.5) is 27.6 Å². The van der Waals surface area contributed by atoms with Gasteiger partial charge in [0.25, 0.3) is 5.91 Å². The first-order valence-electron chi connectivity index (χ1n) is 10.7. The summed E-state index contributed by atoms with van der Waals surface area (Å²) < 4.78 is 106. The average molecular weight is 548 g/mol. The van der Waals surface area contributed by atoms with E-state index in [4.69, 9.17) is 9.47 Å². The molecule has 1 aliphatic rings. The highest BCUT2D eigenvalue weighted by atomic mass is 32.2. The van der Waals surface area contributed by atoms with Gasteiger partial charge in [0, 0.05) is 29.9 Å². The lowest BCUT2D eigenvalue weighted by atomic mass is 9.77. The van der Waals surface area contributed by atoms with Crippen molar-refractivity contribution < 1.29 is 44.6 Å². The number of rotatable bonds is 5. The van der Waals surface area contributed by atoms with Crippen LogP contribution in [0.3, 0.4) is 0 Å². The molecule has 1 N–H and O–H groups in total. The van der Waals surface area contributed by atoms with E-state index in [2.05, 4.69) is 15.4 Å². The van der Waals surface area contributed by atoms with Crippen LogP contribution in [-0.2, 0) is 19.4 Å². The summed E-state index contributed by atoms with van der Waals surface area (Å²) in [6, 6.07) is 3.11. The predicted octanol–water partition coefficient (Wildman–Crippen LogP) is 3.50. The number of alkyl halides is 3. The van der Waals surface area contributed by atoms with Crippen molar-refractivity contribution in [3.63, 3.8) is 0 Å². The van der Waals surface area contributed by atoms with E-state index in [1.54, 1.807) is 0 Å². The molecule has 0 radical (unpaired) electrons. The molecular weight excluding hydrogens is 527 g/mol. The second-order valence-electron chi connectivity index (χ2n) is 8.79. The lowest BCUT2D eigenvalue weighted by molar-refractivity contribution is -0.272. The van der Waals surface area contributed by atoms with Crippen LogP contribution in [0.5, 0.6) is 5.75 Å². The molecule has 1 fully saturated rings. The molecule has 1 aromatic carbocycles. The summed E-state index contributed by atoms with van der Waals surface area (Å²) >= 11 is 0. The van der Waals surface area contributed by atoms with Crippen molar-refractivity contribution in [3.05, 3.63) is 47.8 Å². The highest BCUT2D eigenvalue weighted by Crippen LogP contribution is 2.55. The van der Waals surface area contributed by atoms with Gasteiger partial charge in [0.15, 0.2) is 17.2 Å². The Hall–Kier alpha value is -3.33. The first-order valence-corrected chi connectivity index (χ1v) is 12.6. The van der Waals surface area contributed by atoms with E-state index in [1.807, 2.05) is 0 Å². The molecule has 0 bridgehead atoms. The molecule has 1 saturated heterocycles. The Labute approximate surface area is 207 Å². The fraction of sp³-hybridized carbons (Fsp3) is 0.409. The molecule has 2 aromatic heterocycles. The summed E-state index contributed by atoms with van der Waals surface area (Å²) in [7, 11) is -2.79. The Kier molecular flexibility index (Phi) is 6.43. The van der Waals surface area contributed by atoms with Gasteiger partial charge in [-0.2, -0.15) is 22.7 Å². The zero-order valence-corrected chi connectivity index (χ0v) is 20.6. The molecule has 15 heteroatoms. The van der Waals surface area contributed by atoms with Crippen LogP contribution in [-0.4, -0.2) is 60.2 Å². The summed E-state index contributed by atoms with van der Waals surface area (Å²) in [5.74, 6) is -7.25. The maximum absolute atomic E-state index is 14.5. The van der Waals surface area contributed by atoms with Gasteiger partial charge in [0.2, 0.25) is 20.8 Å². The van der Waals surface area contributed by atoms with E-state index < -0.39 is 68.0 Å². The Balaban J connectivity index is 1.80. The minimum Gasteiger partial charge on any atom is -0.493 e. The molecule has 1 amide bonds. The molecule has 4 rings (SSSR count). The van der Waals surface area contributed by atoms with Gasteiger partial charge in [-0.25, -0.2) is 22.3 Å². The minimum absolute atomic E-state index is 0.0369. The number of nitrogens with zero attached hydrogens (tertiary/aromatic N) is 3. The number of hydrogen-bond donors (Lipinski definition) is 1. The summed E-state index contributed by atoms with van der Waals surface area (Å²) in [6.07, 6.45) is -3.59. The van der Waals surface area contributed by atoms with Crippen molar-refractivity contribution in [1.82, 2.24) is 14.6 Å². The third-order valence-corrected chi connectivity index (χ3v) is 7.51. The summed E-state index contributed by atoms with van der Waals surface area (Å²) in [5.41, 5.74) is -2.96. The van der Waals surface area contributed by atoms with Gasteiger partial charge in [0.1, 0.15) is 6.10 Å². The standard InChI is InChI=1S/C22H21F5N4O5S/c1-10-15(11-5-6-12(23)16(24)17(11)35-3)18(36-21(10,2)22(25,26)27)19(32)30-13-9-29-31-14(13)7-8-28-20(31)37(4,33)34/h5-10,15,18H,1-4H3,(H,30,32)/t10-,15-,18+,21+/m0/s1. The first kappa shape index (κ1) is 26.7. The number of benzene rings is 1. The Morgan fingerprint density at radius 2 is 1.92 bits per heavy atom. The van der Waals surface area contributed by atoms with Crippen molar-refractivity contribution >= 4 is 26.9 Å². The number of ether oxygens (including phenoxy) is 2. The Morgan fingerprint density at radius 1 is 1.24 bits per heavy atom. The van der Waals surface area contributed by atoms with Gasteiger partial charge in [-0.3, -0.25) is 4.79 Å². The van der Waals surface area contributed by atoms with Gasteiger partial charge >= 0.3 is 6.18 Å². The van der Waals surface area contributed by atoms with E-state index in [0.29, 0.717) is 0 Å². The Morgan fingerprint density at radius 3 is 2.51 bits per heavy atom. The van der Waals surface area contributed by atoms with Gasteiger partial charge < -0.3 is 14.8 Å². The van der Waals surface area contributed by atoms with Crippen LogP contribution in [0.1, 0.15) is 25.3 Å². The van der Waals surface area contributed by atoms with Crippen LogP contribution < -0.4 is 10.1 Å². The first-order chi connectivity index (χ1) is 17.1. The number of carbonyl (C=O) groups is 1. The highest BCUT2D eigenvalue weighted by Gasteiger charge is 2.66. The molecule has 0 unspecified atom stereocenters. The van der Waals surface area contributed by atoms with Crippen LogP contribution >= 0.6 is 0 Å². The Bertz CT molecular complexity index is 1490. The lowest BCUT2D eigenvalue weighted by Gasteiger charge is -2.32. The molecule has 4 atom stereocenters. The highest BCUT2D eigenvalue weighted by molar-refractivity contribution is 7.90. The number of carbonyl (C=O) groups excluding carboxylic acids is 1. The molecule has 3 aromatic rings. The number of fused-ring (bicyclic) bond motifs is 1. The third-order valence-electron chi connectivity index (χ3n) is 6.57. The zero-order chi connectivity index (χ0) is 27.5. The monoisotopic (exact) mass is 548 g/mol. The normalized spacial score (nSPS) is 24.4. The summed E-state index contributed by atoms with van der Waals surface area (Å²) in [5, 5.41) is 5.89. The third kappa shape index (κ3) is 4.29. The molecule has 3 heterocycles. The summed E-state index contributed by atoms with van der Waals surface area (Å²) in [6.45, 7) is 1.95. The van der Waals surface area contributed by atoms with Crippen LogP contribution in [0, 0.1) is 17.6 Å². The molecule has 0 saturated carbocycles. The van der Waals surface area contributed by atoms with Gasteiger partial charge in [-0.15, -0.1) is 0 Å². The van der Waals surface area contributed by atoms with Gasteiger partial charge in [-0.1, -0.05) is 13.0 Å². The van der Waals surface area contributed by atoms with Crippen LogP contribution in [0.2, 0.25) is 0 Å². The average Bonchev–Trinajstić information content (AvgIpc) is 3.34. The van der Waals surface area contributed by atoms with Crippen LogP contribution in [0.15, 0.2) is 35.7 Å². The van der Waals surface area contributed by atoms with E-state index in [-0.39, 0.29) is 16.8 Å². The van der Waals surface area contributed by atoms with Gasteiger partial charge in [-0.05, 0) is 19.1 Å². The van der Waals surface area contributed by atoms with Crippen molar-refractivity contribution in [1.29, 1.82) is 0 Å². The number of halogens is 5. The smallest absolute Gasteiger partial charge is 0.417 e.